The molecule has 0 bridgehead atoms. The van der Waals surface area contributed by atoms with Crippen LogP contribution in [0.1, 0.15) is 39.4 Å². The normalized spacial score (nSPS) is 16.2. The lowest BCUT2D eigenvalue weighted by Gasteiger charge is -2.17. The van der Waals surface area contributed by atoms with E-state index in [9.17, 15) is 0 Å². The summed E-state index contributed by atoms with van der Waals surface area (Å²) in [6.07, 6.45) is 2.71. The second-order valence-corrected chi connectivity index (χ2v) is 6.29. The quantitative estimate of drug-likeness (QED) is 0.865. The first-order valence-corrected chi connectivity index (χ1v) is 6.53. The molecule has 0 radical (unpaired) electrons. The zero-order valence-corrected chi connectivity index (χ0v) is 11.6. The van der Waals surface area contributed by atoms with E-state index in [4.69, 9.17) is 0 Å². The fraction of sp³-hybridized carbons (Fsp3) is 0.667. The van der Waals surface area contributed by atoms with Gasteiger partial charge in [0, 0.05) is 18.0 Å². The lowest BCUT2D eigenvalue weighted by Crippen LogP contribution is -2.17. The highest BCUT2D eigenvalue weighted by Crippen LogP contribution is 2.29. The molecule has 0 aliphatic heterocycles. The average Bonchev–Trinajstić information content (AvgIpc) is 2.96. The van der Waals surface area contributed by atoms with Gasteiger partial charge < -0.3 is 5.32 Å². The fourth-order valence-corrected chi connectivity index (χ4v) is 1.80. The Kier molecular flexibility index (Phi) is 3.19. The number of halogens is 1. The van der Waals surface area contributed by atoms with Crippen LogP contribution in [0.4, 0.5) is 5.82 Å². The molecule has 1 aromatic heterocycles. The molecule has 0 aromatic carbocycles. The Morgan fingerprint density at radius 1 is 1.38 bits per heavy atom. The van der Waals surface area contributed by atoms with Gasteiger partial charge in [-0.3, -0.25) is 0 Å². The van der Waals surface area contributed by atoms with Crippen molar-refractivity contribution in [3.63, 3.8) is 0 Å². The summed E-state index contributed by atoms with van der Waals surface area (Å²) in [5.74, 6) is 2.66. The first-order chi connectivity index (χ1) is 7.45. The molecule has 0 spiro atoms. The van der Waals surface area contributed by atoms with Crippen molar-refractivity contribution in [1.82, 2.24) is 9.97 Å². The zero-order chi connectivity index (χ0) is 11.8. The second-order valence-electron chi connectivity index (χ2n) is 5.47. The molecule has 88 valence electrons. The van der Waals surface area contributed by atoms with Gasteiger partial charge in [0.15, 0.2) is 0 Å². The van der Waals surface area contributed by atoms with Crippen LogP contribution in [0.15, 0.2) is 10.7 Å². The predicted octanol–water partition coefficient (Wildman–Crippen LogP) is 3.36. The van der Waals surface area contributed by atoms with Crippen molar-refractivity contribution in [3.8, 4) is 0 Å². The van der Waals surface area contributed by atoms with E-state index in [1.807, 2.05) is 6.07 Å². The maximum atomic E-state index is 4.55. The van der Waals surface area contributed by atoms with Gasteiger partial charge in [0.1, 0.15) is 16.2 Å². The van der Waals surface area contributed by atoms with Gasteiger partial charge >= 0.3 is 0 Å². The number of anilines is 1. The minimum atomic E-state index is -0.0141. The molecule has 0 saturated heterocycles. The number of hydrogen-bond donors (Lipinski definition) is 1. The first-order valence-electron chi connectivity index (χ1n) is 5.74. The lowest BCUT2D eigenvalue weighted by molar-refractivity contribution is 0.544. The first kappa shape index (κ1) is 11.8. The van der Waals surface area contributed by atoms with Crippen LogP contribution >= 0.6 is 15.9 Å². The number of nitrogens with one attached hydrogen (secondary N) is 1. The van der Waals surface area contributed by atoms with Crippen molar-refractivity contribution in [2.75, 3.05) is 11.9 Å². The van der Waals surface area contributed by atoms with Crippen LogP contribution in [0, 0.1) is 5.92 Å². The van der Waals surface area contributed by atoms with E-state index in [0.29, 0.717) is 0 Å². The maximum Gasteiger partial charge on any atom is 0.137 e. The molecule has 1 aromatic rings. The summed E-state index contributed by atoms with van der Waals surface area (Å²) in [7, 11) is 0. The van der Waals surface area contributed by atoms with Gasteiger partial charge in [0.25, 0.3) is 0 Å². The summed E-state index contributed by atoms with van der Waals surface area (Å²) >= 11 is 3.44. The third-order valence-electron chi connectivity index (χ3n) is 2.63. The Hall–Kier alpha value is -0.640. The van der Waals surface area contributed by atoms with Crippen LogP contribution in [-0.2, 0) is 5.41 Å². The number of rotatable bonds is 3. The third-order valence-corrected chi connectivity index (χ3v) is 3.04. The van der Waals surface area contributed by atoms with Crippen molar-refractivity contribution in [1.29, 1.82) is 0 Å². The van der Waals surface area contributed by atoms with E-state index >= 15 is 0 Å². The topological polar surface area (TPSA) is 37.8 Å². The Morgan fingerprint density at radius 2 is 2.06 bits per heavy atom. The second kappa shape index (κ2) is 4.32. The van der Waals surface area contributed by atoms with Crippen LogP contribution in [0.3, 0.4) is 0 Å². The van der Waals surface area contributed by atoms with E-state index in [-0.39, 0.29) is 5.41 Å². The van der Waals surface area contributed by atoms with E-state index < -0.39 is 0 Å². The van der Waals surface area contributed by atoms with Crippen molar-refractivity contribution >= 4 is 21.7 Å². The van der Waals surface area contributed by atoms with Crippen molar-refractivity contribution < 1.29 is 0 Å². The molecule has 0 atom stereocenters. The molecular formula is C12H18BrN3. The molecule has 2 rings (SSSR count). The predicted molar refractivity (Wildman–Crippen MR) is 69.6 cm³/mol. The molecule has 3 nitrogen and oxygen atoms in total. The van der Waals surface area contributed by atoms with Crippen LogP contribution < -0.4 is 5.32 Å². The summed E-state index contributed by atoms with van der Waals surface area (Å²) in [6.45, 7) is 7.41. The minimum absolute atomic E-state index is 0.0141. The SMILES string of the molecule is CC(C)(C)c1nc(Br)cc(NCC2CC2)n1. The van der Waals surface area contributed by atoms with Gasteiger partial charge in [-0.05, 0) is 34.7 Å². The molecule has 0 amide bonds. The maximum absolute atomic E-state index is 4.55. The van der Waals surface area contributed by atoms with E-state index in [2.05, 4.69) is 52.0 Å². The van der Waals surface area contributed by atoms with Gasteiger partial charge in [-0.1, -0.05) is 20.8 Å². The Morgan fingerprint density at radius 3 is 2.62 bits per heavy atom. The number of nitrogens with zero attached hydrogens (tertiary/aromatic N) is 2. The van der Waals surface area contributed by atoms with Gasteiger partial charge in [0.05, 0.1) is 0 Å². The summed E-state index contributed by atoms with van der Waals surface area (Å²) in [5, 5.41) is 3.38. The Balaban J connectivity index is 2.14. The Bertz CT molecular complexity index is 380. The highest BCUT2D eigenvalue weighted by molar-refractivity contribution is 9.10. The molecule has 1 heterocycles. The smallest absolute Gasteiger partial charge is 0.137 e. The standard InChI is InChI=1S/C12H18BrN3/c1-12(2,3)11-15-9(13)6-10(16-11)14-7-8-4-5-8/h6,8H,4-5,7H2,1-3H3,(H,14,15,16). The van der Waals surface area contributed by atoms with Gasteiger partial charge in [-0.15, -0.1) is 0 Å². The number of aromatic nitrogens is 2. The average molecular weight is 284 g/mol. The summed E-state index contributed by atoms with van der Waals surface area (Å²) in [6, 6.07) is 1.94. The van der Waals surface area contributed by atoms with Gasteiger partial charge in [-0.25, -0.2) is 9.97 Å². The van der Waals surface area contributed by atoms with Gasteiger partial charge in [-0.2, -0.15) is 0 Å². The molecule has 0 unspecified atom stereocenters. The van der Waals surface area contributed by atoms with Crippen molar-refractivity contribution in [3.05, 3.63) is 16.5 Å². The highest BCUT2D eigenvalue weighted by Gasteiger charge is 2.22. The molecule has 1 fully saturated rings. The van der Waals surface area contributed by atoms with E-state index in [1.54, 1.807) is 0 Å². The Labute approximate surface area is 105 Å². The molecular weight excluding hydrogens is 266 g/mol. The molecule has 4 heteroatoms. The van der Waals surface area contributed by atoms with Crippen LogP contribution in [0.2, 0.25) is 0 Å². The van der Waals surface area contributed by atoms with E-state index in [0.717, 1.165) is 28.7 Å². The lowest BCUT2D eigenvalue weighted by atomic mass is 9.96. The third kappa shape index (κ3) is 3.17. The fourth-order valence-electron chi connectivity index (χ4n) is 1.41. The molecule has 1 saturated carbocycles. The largest absolute Gasteiger partial charge is 0.370 e. The van der Waals surface area contributed by atoms with Crippen molar-refractivity contribution in [2.24, 2.45) is 5.92 Å². The zero-order valence-electron chi connectivity index (χ0n) is 10.0. The molecule has 1 N–H and O–H groups in total. The minimum Gasteiger partial charge on any atom is -0.370 e. The molecule has 1 aliphatic rings. The van der Waals surface area contributed by atoms with Crippen LogP contribution in [-0.4, -0.2) is 16.5 Å². The molecule has 1 aliphatic carbocycles. The summed E-state index contributed by atoms with van der Waals surface area (Å²) in [5.41, 5.74) is -0.0141. The number of hydrogen-bond acceptors (Lipinski definition) is 3. The van der Waals surface area contributed by atoms with Crippen LogP contribution in [0.25, 0.3) is 0 Å². The summed E-state index contributed by atoms with van der Waals surface area (Å²) < 4.78 is 0.853. The van der Waals surface area contributed by atoms with E-state index in [1.165, 1.54) is 12.8 Å². The monoisotopic (exact) mass is 283 g/mol. The van der Waals surface area contributed by atoms with Crippen LogP contribution in [0.5, 0.6) is 0 Å². The highest BCUT2D eigenvalue weighted by atomic mass is 79.9. The van der Waals surface area contributed by atoms with Gasteiger partial charge in [0.2, 0.25) is 0 Å². The molecule has 16 heavy (non-hydrogen) atoms. The summed E-state index contributed by atoms with van der Waals surface area (Å²) in [4.78, 5) is 8.97. The van der Waals surface area contributed by atoms with Crippen molar-refractivity contribution in [2.45, 2.75) is 39.0 Å².